The fraction of sp³-hybridized carbons (Fsp3) is 0.625. The topological polar surface area (TPSA) is 24.7 Å². The molecule has 4 rings (SSSR count). The highest BCUT2D eigenvalue weighted by Crippen LogP contribution is 2.48. The Morgan fingerprint density at radius 3 is 2.89 bits per heavy atom. The standard InChI is InChI=1S/C16H19BrN2/c1-8-3-13-12(9(2)19-8)4-10-7-18-15-6-11(17)5-14(13)16(10)15/h9,11-12H,3-7H2,1-2H3. The summed E-state index contributed by atoms with van der Waals surface area (Å²) in [6, 6.07) is 0.449. The fourth-order valence-electron chi connectivity index (χ4n) is 4.24. The molecule has 0 saturated heterocycles. The molecule has 0 aromatic carbocycles. The molecule has 3 unspecified atom stereocenters. The Hall–Kier alpha value is -0.700. The summed E-state index contributed by atoms with van der Waals surface area (Å²) in [5, 5.41) is 0. The van der Waals surface area contributed by atoms with E-state index in [2.05, 4.69) is 29.8 Å². The molecule has 2 heterocycles. The molecule has 4 aliphatic rings. The van der Waals surface area contributed by atoms with Crippen LogP contribution < -0.4 is 0 Å². The van der Waals surface area contributed by atoms with Crippen LogP contribution in [0.4, 0.5) is 0 Å². The second-order valence-corrected chi connectivity index (χ2v) is 7.64. The number of allylic oxidation sites excluding steroid dienone is 2. The summed E-state index contributed by atoms with van der Waals surface area (Å²) in [5.41, 5.74) is 9.14. The highest BCUT2D eigenvalue weighted by Gasteiger charge is 2.40. The second kappa shape index (κ2) is 4.15. The molecule has 1 fully saturated rings. The highest BCUT2D eigenvalue weighted by molar-refractivity contribution is 9.09. The van der Waals surface area contributed by atoms with Gasteiger partial charge in [-0.1, -0.05) is 21.5 Å². The van der Waals surface area contributed by atoms with Crippen molar-refractivity contribution in [3.05, 3.63) is 22.3 Å². The van der Waals surface area contributed by atoms with Gasteiger partial charge in [0, 0.05) is 35.0 Å². The van der Waals surface area contributed by atoms with Gasteiger partial charge >= 0.3 is 0 Å². The molecule has 0 bridgehead atoms. The van der Waals surface area contributed by atoms with E-state index < -0.39 is 0 Å². The lowest BCUT2D eigenvalue weighted by Gasteiger charge is -2.38. The predicted octanol–water partition coefficient (Wildman–Crippen LogP) is 3.86. The van der Waals surface area contributed by atoms with Gasteiger partial charge in [0.25, 0.3) is 0 Å². The molecule has 19 heavy (non-hydrogen) atoms. The molecule has 0 radical (unpaired) electrons. The Labute approximate surface area is 122 Å². The van der Waals surface area contributed by atoms with Crippen molar-refractivity contribution in [1.82, 2.24) is 0 Å². The van der Waals surface area contributed by atoms with Crippen molar-refractivity contribution in [2.45, 2.75) is 50.4 Å². The summed E-state index contributed by atoms with van der Waals surface area (Å²) in [6.07, 6.45) is 4.59. The molecule has 0 aromatic heterocycles. The zero-order valence-corrected chi connectivity index (χ0v) is 13.1. The van der Waals surface area contributed by atoms with Crippen LogP contribution in [0.5, 0.6) is 0 Å². The Balaban J connectivity index is 1.87. The first-order chi connectivity index (χ1) is 9.13. The van der Waals surface area contributed by atoms with E-state index in [1.807, 2.05) is 0 Å². The predicted molar refractivity (Wildman–Crippen MR) is 83.6 cm³/mol. The van der Waals surface area contributed by atoms with E-state index >= 15 is 0 Å². The van der Waals surface area contributed by atoms with Crippen LogP contribution >= 0.6 is 15.9 Å². The van der Waals surface area contributed by atoms with Gasteiger partial charge in [0.05, 0.1) is 12.6 Å². The molecule has 2 aliphatic carbocycles. The number of aliphatic imine (C=N–C) groups is 2. The van der Waals surface area contributed by atoms with Crippen LogP contribution in [0.3, 0.4) is 0 Å². The van der Waals surface area contributed by atoms with Crippen LogP contribution in [0.25, 0.3) is 0 Å². The minimum Gasteiger partial charge on any atom is -0.290 e. The van der Waals surface area contributed by atoms with Gasteiger partial charge < -0.3 is 0 Å². The maximum absolute atomic E-state index is 4.82. The van der Waals surface area contributed by atoms with E-state index in [-0.39, 0.29) is 0 Å². The molecular weight excluding hydrogens is 300 g/mol. The van der Waals surface area contributed by atoms with Gasteiger partial charge in [-0.15, -0.1) is 0 Å². The lowest BCUT2D eigenvalue weighted by Crippen LogP contribution is -2.32. The number of halogens is 1. The maximum atomic E-state index is 4.82. The second-order valence-electron chi connectivity index (χ2n) is 6.34. The number of alkyl halides is 1. The summed E-state index contributed by atoms with van der Waals surface area (Å²) < 4.78 is 0. The van der Waals surface area contributed by atoms with Crippen LogP contribution in [0.2, 0.25) is 0 Å². The molecule has 3 atom stereocenters. The zero-order valence-electron chi connectivity index (χ0n) is 11.5. The number of nitrogens with zero attached hydrogens (tertiary/aromatic N) is 2. The first-order valence-electron chi connectivity index (χ1n) is 7.29. The van der Waals surface area contributed by atoms with Gasteiger partial charge in [0.1, 0.15) is 0 Å². The summed E-state index contributed by atoms with van der Waals surface area (Å²) in [7, 11) is 0. The Bertz CT molecular complexity index is 580. The summed E-state index contributed by atoms with van der Waals surface area (Å²) in [4.78, 5) is 10.2. The van der Waals surface area contributed by atoms with E-state index in [0.29, 0.717) is 16.8 Å². The molecule has 0 amide bonds. The van der Waals surface area contributed by atoms with Gasteiger partial charge in [-0.05, 0) is 43.4 Å². The van der Waals surface area contributed by atoms with Crippen molar-refractivity contribution in [3.8, 4) is 0 Å². The highest BCUT2D eigenvalue weighted by atomic mass is 79.9. The fourth-order valence-corrected chi connectivity index (χ4v) is 4.87. The molecule has 3 heteroatoms. The van der Waals surface area contributed by atoms with E-state index in [1.165, 1.54) is 24.3 Å². The van der Waals surface area contributed by atoms with Gasteiger partial charge in [0.15, 0.2) is 0 Å². The lowest BCUT2D eigenvalue weighted by molar-refractivity contribution is 0.471. The van der Waals surface area contributed by atoms with Crippen LogP contribution in [0.15, 0.2) is 32.3 Å². The summed E-state index contributed by atoms with van der Waals surface area (Å²) in [6.45, 7) is 5.42. The van der Waals surface area contributed by atoms with Gasteiger partial charge in [0.2, 0.25) is 0 Å². The number of hydrogen-bond donors (Lipinski definition) is 0. The van der Waals surface area contributed by atoms with Crippen molar-refractivity contribution in [2.75, 3.05) is 6.54 Å². The van der Waals surface area contributed by atoms with Gasteiger partial charge in [-0.2, -0.15) is 0 Å². The summed E-state index contributed by atoms with van der Waals surface area (Å²) >= 11 is 3.83. The number of fused-ring (bicyclic) bond motifs is 1. The maximum Gasteiger partial charge on any atom is 0.0612 e. The Morgan fingerprint density at radius 2 is 2.05 bits per heavy atom. The molecule has 2 aliphatic heterocycles. The SMILES string of the molecule is CC1=NC(C)C2CC3=C4C(=NC3)CC(Br)CC4=C2C1. The number of rotatable bonds is 0. The minimum absolute atomic E-state index is 0.449. The normalized spacial score (nSPS) is 36.9. The lowest BCUT2D eigenvalue weighted by atomic mass is 9.69. The van der Waals surface area contributed by atoms with E-state index in [4.69, 9.17) is 9.98 Å². The van der Waals surface area contributed by atoms with Crippen molar-refractivity contribution in [3.63, 3.8) is 0 Å². The number of hydrogen-bond acceptors (Lipinski definition) is 2. The molecule has 0 aromatic rings. The quantitative estimate of drug-likeness (QED) is 0.606. The van der Waals surface area contributed by atoms with Crippen LogP contribution in [-0.4, -0.2) is 28.8 Å². The monoisotopic (exact) mass is 318 g/mol. The minimum atomic E-state index is 0.449. The Morgan fingerprint density at radius 1 is 1.21 bits per heavy atom. The molecule has 0 spiro atoms. The third-order valence-electron chi connectivity index (χ3n) is 5.00. The van der Waals surface area contributed by atoms with Gasteiger partial charge in [-0.25, -0.2) is 0 Å². The molecule has 1 saturated carbocycles. The Kier molecular flexibility index (Phi) is 2.63. The van der Waals surface area contributed by atoms with Crippen LogP contribution in [-0.2, 0) is 0 Å². The zero-order chi connectivity index (χ0) is 13.1. The van der Waals surface area contributed by atoms with Crippen LogP contribution in [0, 0.1) is 5.92 Å². The third kappa shape index (κ3) is 1.74. The average molecular weight is 319 g/mol. The molecule has 2 nitrogen and oxygen atoms in total. The smallest absolute Gasteiger partial charge is 0.0612 e. The van der Waals surface area contributed by atoms with Crippen molar-refractivity contribution in [1.29, 1.82) is 0 Å². The van der Waals surface area contributed by atoms with Crippen molar-refractivity contribution < 1.29 is 0 Å². The van der Waals surface area contributed by atoms with Gasteiger partial charge in [-0.3, -0.25) is 9.98 Å². The van der Waals surface area contributed by atoms with E-state index in [1.54, 1.807) is 22.3 Å². The van der Waals surface area contributed by atoms with E-state index in [9.17, 15) is 0 Å². The molecule has 100 valence electrons. The van der Waals surface area contributed by atoms with Crippen molar-refractivity contribution >= 4 is 27.4 Å². The van der Waals surface area contributed by atoms with Crippen LogP contribution in [0.1, 0.15) is 39.5 Å². The average Bonchev–Trinajstić information content (AvgIpc) is 2.74. The first kappa shape index (κ1) is 12.1. The largest absolute Gasteiger partial charge is 0.290 e. The van der Waals surface area contributed by atoms with E-state index in [0.717, 1.165) is 19.4 Å². The first-order valence-corrected chi connectivity index (χ1v) is 8.20. The molecular formula is C16H19BrN2. The van der Waals surface area contributed by atoms with Crippen molar-refractivity contribution in [2.24, 2.45) is 15.9 Å². The summed E-state index contributed by atoms with van der Waals surface area (Å²) in [5.74, 6) is 0.643. The third-order valence-corrected chi connectivity index (χ3v) is 5.65. The molecule has 0 N–H and O–H groups in total.